The molecule has 0 fully saturated rings. The molecule has 0 saturated carbocycles. The summed E-state index contributed by atoms with van der Waals surface area (Å²) in [5.74, 6) is -4.34. The molecule has 0 amide bonds. The van der Waals surface area contributed by atoms with E-state index in [1.165, 1.54) is 0 Å². The fraction of sp³-hybridized carbons (Fsp3) is 0.750. The normalized spacial score (nSPS) is 16.8. The summed E-state index contributed by atoms with van der Waals surface area (Å²) in [5, 5.41) is 18.6. The first-order chi connectivity index (χ1) is 9.68. The lowest BCUT2D eigenvalue weighted by molar-refractivity contribution is -0.162. The molecular weight excluding hydrogens is 280 g/mol. The lowest BCUT2D eigenvalue weighted by Crippen LogP contribution is -2.77. The van der Waals surface area contributed by atoms with Crippen molar-refractivity contribution in [2.75, 3.05) is 13.1 Å². The molecular formula is C12H24N4O5. The molecule has 2 atom stereocenters. The lowest BCUT2D eigenvalue weighted by atomic mass is 9.71. The minimum atomic E-state index is -2.71. The Bertz CT molecular complexity index is 403. The van der Waals surface area contributed by atoms with Gasteiger partial charge in [0.05, 0.1) is 0 Å². The van der Waals surface area contributed by atoms with Gasteiger partial charge >= 0.3 is 11.9 Å². The molecule has 0 aliphatic heterocycles. The molecule has 9 nitrogen and oxygen atoms in total. The van der Waals surface area contributed by atoms with Gasteiger partial charge in [-0.25, -0.2) is 4.79 Å². The predicted octanol–water partition coefficient (Wildman–Crippen LogP) is -2.01. The Kier molecular flexibility index (Phi) is 7.44. The zero-order chi connectivity index (χ0) is 16.7. The molecule has 9 heteroatoms. The van der Waals surface area contributed by atoms with Crippen LogP contribution in [0.4, 0.5) is 0 Å². The molecule has 0 heterocycles. The second kappa shape index (κ2) is 8.03. The Hall–Kier alpha value is -1.55. The second-order valence-electron chi connectivity index (χ2n) is 4.95. The van der Waals surface area contributed by atoms with Crippen LogP contribution in [0.3, 0.4) is 0 Å². The zero-order valence-corrected chi connectivity index (χ0v) is 11.9. The number of carboxylic acids is 2. The number of hydrogen-bond acceptors (Lipinski definition) is 7. The molecule has 0 bridgehead atoms. The van der Waals surface area contributed by atoms with Crippen LogP contribution in [-0.2, 0) is 14.4 Å². The Morgan fingerprint density at radius 2 is 1.38 bits per heavy atom. The van der Waals surface area contributed by atoms with E-state index < -0.39 is 28.8 Å². The first kappa shape index (κ1) is 19.4. The molecule has 0 aromatic rings. The summed E-state index contributed by atoms with van der Waals surface area (Å²) >= 11 is 0. The third-order valence-electron chi connectivity index (χ3n) is 3.50. The molecule has 0 spiro atoms. The lowest BCUT2D eigenvalue weighted by Gasteiger charge is -2.38. The minimum Gasteiger partial charge on any atom is -0.480 e. The quantitative estimate of drug-likeness (QED) is 0.184. The molecule has 0 aromatic carbocycles. The van der Waals surface area contributed by atoms with Crippen molar-refractivity contribution < 1.29 is 24.6 Å². The van der Waals surface area contributed by atoms with Crippen LogP contribution in [-0.4, -0.2) is 52.1 Å². The first-order valence-corrected chi connectivity index (χ1v) is 6.66. The van der Waals surface area contributed by atoms with E-state index in [1.54, 1.807) is 0 Å². The van der Waals surface area contributed by atoms with Gasteiger partial charge in [-0.2, -0.15) is 0 Å². The largest absolute Gasteiger partial charge is 0.480 e. The van der Waals surface area contributed by atoms with Gasteiger partial charge in [0.25, 0.3) is 0 Å². The van der Waals surface area contributed by atoms with Crippen molar-refractivity contribution in [3.05, 3.63) is 0 Å². The molecule has 0 rings (SSSR count). The second-order valence-corrected chi connectivity index (χ2v) is 4.95. The third kappa shape index (κ3) is 3.97. The van der Waals surface area contributed by atoms with E-state index in [9.17, 15) is 24.6 Å². The van der Waals surface area contributed by atoms with Crippen LogP contribution >= 0.6 is 0 Å². The van der Waals surface area contributed by atoms with E-state index in [0.29, 0.717) is 13.0 Å². The number of nitrogens with two attached hydrogens (primary N) is 4. The Morgan fingerprint density at radius 1 is 0.857 bits per heavy atom. The summed E-state index contributed by atoms with van der Waals surface area (Å²) in [6.07, 6.45) is 0.372. The molecule has 0 aliphatic rings. The van der Waals surface area contributed by atoms with Crippen LogP contribution < -0.4 is 22.9 Å². The number of Topliss-reactive ketones (excluding diaryl/α,β-unsaturated/α-hetero) is 1. The maximum Gasteiger partial charge on any atom is 0.334 e. The van der Waals surface area contributed by atoms with Crippen LogP contribution in [0, 0.1) is 0 Å². The molecule has 0 saturated heterocycles. The van der Waals surface area contributed by atoms with Gasteiger partial charge in [0.15, 0.2) is 11.3 Å². The Labute approximate surface area is 122 Å². The number of rotatable bonds is 11. The molecule has 0 aliphatic carbocycles. The molecule has 10 N–H and O–H groups in total. The molecule has 0 radical (unpaired) electrons. The molecule has 0 aromatic heterocycles. The van der Waals surface area contributed by atoms with Gasteiger partial charge in [-0.1, -0.05) is 0 Å². The number of ketones is 1. The van der Waals surface area contributed by atoms with Gasteiger partial charge in [0, 0.05) is 6.42 Å². The first-order valence-electron chi connectivity index (χ1n) is 6.66. The van der Waals surface area contributed by atoms with E-state index in [4.69, 9.17) is 22.9 Å². The van der Waals surface area contributed by atoms with Crippen LogP contribution in [0.1, 0.15) is 32.1 Å². The maximum absolute atomic E-state index is 12.1. The topological polar surface area (TPSA) is 196 Å². The molecule has 2 unspecified atom stereocenters. The average Bonchev–Trinajstić information content (AvgIpc) is 2.43. The monoisotopic (exact) mass is 304 g/mol. The predicted molar refractivity (Wildman–Crippen MR) is 75.3 cm³/mol. The van der Waals surface area contributed by atoms with E-state index in [2.05, 4.69) is 0 Å². The van der Waals surface area contributed by atoms with E-state index >= 15 is 0 Å². The highest BCUT2D eigenvalue weighted by atomic mass is 16.4. The van der Waals surface area contributed by atoms with Crippen molar-refractivity contribution in [3.63, 3.8) is 0 Å². The van der Waals surface area contributed by atoms with Crippen molar-refractivity contribution >= 4 is 17.7 Å². The maximum atomic E-state index is 12.1. The zero-order valence-electron chi connectivity index (χ0n) is 11.9. The number of carbonyl (C=O) groups is 3. The summed E-state index contributed by atoms with van der Waals surface area (Å²) in [7, 11) is 0. The Balaban J connectivity index is 5.56. The van der Waals surface area contributed by atoms with Gasteiger partial charge in [-0.05, 0) is 38.8 Å². The van der Waals surface area contributed by atoms with Gasteiger partial charge < -0.3 is 33.1 Å². The smallest absolute Gasteiger partial charge is 0.334 e. The summed E-state index contributed by atoms with van der Waals surface area (Å²) < 4.78 is 0. The molecule has 21 heavy (non-hydrogen) atoms. The minimum absolute atomic E-state index is 0.152. The highest BCUT2D eigenvalue weighted by Crippen LogP contribution is 2.27. The highest BCUT2D eigenvalue weighted by Gasteiger charge is 2.61. The van der Waals surface area contributed by atoms with Crippen molar-refractivity contribution in [3.8, 4) is 0 Å². The van der Waals surface area contributed by atoms with Crippen LogP contribution in [0.15, 0.2) is 0 Å². The van der Waals surface area contributed by atoms with Gasteiger partial charge in [-0.3, -0.25) is 9.59 Å². The van der Waals surface area contributed by atoms with Gasteiger partial charge in [0.1, 0.15) is 0 Å². The third-order valence-corrected chi connectivity index (χ3v) is 3.50. The summed E-state index contributed by atoms with van der Waals surface area (Å²) in [4.78, 5) is 35.1. The van der Waals surface area contributed by atoms with E-state index in [1.807, 2.05) is 0 Å². The van der Waals surface area contributed by atoms with Crippen LogP contribution in [0.5, 0.6) is 0 Å². The summed E-state index contributed by atoms with van der Waals surface area (Å²) in [6.45, 7) is 0.445. The standard InChI is InChI=1S/C12H24N4O5/c13-6-2-1-5-11(15,9(18)19)12(16,10(20)21)8(17)4-3-7-14/h1-7,13-16H2,(H,18,19)(H,20,21). The fourth-order valence-corrected chi connectivity index (χ4v) is 2.04. The van der Waals surface area contributed by atoms with E-state index in [0.717, 1.165) is 0 Å². The number of unbranched alkanes of at least 4 members (excludes halogenated alkanes) is 1. The number of aliphatic carboxylic acids is 2. The van der Waals surface area contributed by atoms with Crippen molar-refractivity contribution in [1.82, 2.24) is 0 Å². The molecule has 122 valence electrons. The number of hydrogen-bond donors (Lipinski definition) is 6. The van der Waals surface area contributed by atoms with Crippen molar-refractivity contribution in [2.24, 2.45) is 22.9 Å². The fourth-order valence-electron chi connectivity index (χ4n) is 2.04. The number of carboxylic acid groups (broad SMARTS) is 2. The van der Waals surface area contributed by atoms with Crippen LogP contribution in [0.25, 0.3) is 0 Å². The SMILES string of the molecule is NCCCCC(N)(C(=O)O)C(N)(C(=O)O)C(=O)CCCN. The van der Waals surface area contributed by atoms with E-state index in [-0.39, 0.29) is 32.2 Å². The highest BCUT2D eigenvalue weighted by molar-refractivity contribution is 6.13. The van der Waals surface area contributed by atoms with Gasteiger partial charge in [-0.15, -0.1) is 0 Å². The van der Waals surface area contributed by atoms with Crippen LogP contribution in [0.2, 0.25) is 0 Å². The summed E-state index contributed by atoms with van der Waals surface area (Å²) in [6, 6.07) is 0. The van der Waals surface area contributed by atoms with Crippen molar-refractivity contribution in [1.29, 1.82) is 0 Å². The van der Waals surface area contributed by atoms with Gasteiger partial charge in [0.2, 0.25) is 5.54 Å². The summed E-state index contributed by atoms with van der Waals surface area (Å²) in [5.41, 5.74) is 16.9. The van der Waals surface area contributed by atoms with Crippen molar-refractivity contribution in [2.45, 2.75) is 43.2 Å². The number of carbonyl (C=O) groups excluding carboxylic acids is 1. The Morgan fingerprint density at radius 3 is 1.76 bits per heavy atom. The average molecular weight is 304 g/mol.